The van der Waals surface area contributed by atoms with Gasteiger partial charge in [-0.05, 0) is 76.6 Å². The van der Waals surface area contributed by atoms with Crippen LogP contribution in [0.2, 0.25) is 0 Å². The fraction of sp³-hybridized carbons (Fsp3) is 0.632. The lowest BCUT2D eigenvalue weighted by Gasteiger charge is -2.32. The fourth-order valence-corrected chi connectivity index (χ4v) is 3.24. The number of rotatable bonds is 8. The summed E-state index contributed by atoms with van der Waals surface area (Å²) in [4.78, 5) is 13.0. The first-order valence-corrected chi connectivity index (χ1v) is 8.63. The number of likely N-dealkylation sites (tertiary alicyclic amines) is 1. The van der Waals surface area contributed by atoms with E-state index in [-0.39, 0.29) is 0 Å². The molecule has 0 saturated carbocycles. The highest BCUT2D eigenvalue weighted by Crippen LogP contribution is 2.22. The van der Waals surface area contributed by atoms with E-state index in [1.54, 1.807) is 0 Å². The Morgan fingerprint density at radius 1 is 1.18 bits per heavy atom. The molecule has 122 valence electrons. The van der Waals surface area contributed by atoms with Gasteiger partial charge in [0.2, 0.25) is 0 Å². The van der Waals surface area contributed by atoms with Crippen molar-refractivity contribution in [3.8, 4) is 0 Å². The van der Waals surface area contributed by atoms with Crippen LogP contribution in [0.1, 0.15) is 49.7 Å². The van der Waals surface area contributed by atoms with Crippen LogP contribution in [0.4, 0.5) is 0 Å². The second-order valence-corrected chi connectivity index (χ2v) is 6.66. The smallest absolute Gasteiger partial charge is 0.303 e. The molecule has 0 spiro atoms. The molecule has 0 unspecified atom stereocenters. The van der Waals surface area contributed by atoms with E-state index < -0.39 is 5.97 Å². The van der Waals surface area contributed by atoms with Gasteiger partial charge in [0.15, 0.2) is 0 Å². The molecule has 1 aromatic rings. The highest BCUT2D eigenvalue weighted by Gasteiger charge is 2.18. The quantitative estimate of drug-likeness (QED) is 0.741. The molecular formula is C19H29NO2. The van der Waals surface area contributed by atoms with Crippen LogP contribution in [0.5, 0.6) is 0 Å². The van der Waals surface area contributed by atoms with Gasteiger partial charge in [0.25, 0.3) is 0 Å². The van der Waals surface area contributed by atoms with Crippen LogP contribution in [0.3, 0.4) is 0 Å². The Labute approximate surface area is 134 Å². The molecule has 1 heterocycles. The fourth-order valence-electron chi connectivity index (χ4n) is 3.24. The number of hydrogen-bond acceptors (Lipinski definition) is 2. The van der Waals surface area contributed by atoms with Crippen molar-refractivity contribution in [3.05, 3.63) is 35.4 Å². The lowest BCUT2D eigenvalue weighted by molar-refractivity contribution is -0.137. The summed E-state index contributed by atoms with van der Waals surface area (Å²) >= 11 is 0. The van der Waals surface area contributed by atoms with Gasteiger partial charge in [0.1, 0.15) is 0 Å². The number of carbonyl (C=O) groups is 1. The number of benzene rings is 1. The predicted molar refractivity (Wildman–Crippen MR) is 90.2 cm³/mol. The second kappa shape index (κ2) is 8.94. The van der Waals surface area contributed by atoms with Gasteiger partial charge in [-0.1, -0.05) is 29.8 Å². The van der Waals surface area contributed by atoms with Gasteiger partial charge in [-0.15, -0.1) is 0 Å². The topological polar surface area (TPSA) is 40.5 Å². The third kappa shape index (κ3) is 6.18. The molecule has 3 nitrogen and oxygen atoms in total. The van der Waals surface area contributed by atoms with Crippen molar-refractivity contribution in [1.29, 1.82) is 0 Å². The zero-order valence-electron chi connectivity index (χ0n) is 13.8. The molecule has 1 aliphatic rings. The van der Waals surface area contributed by atoms with Crippen molar-refractivity contribution in [2.75, 3.05) is 19.6 Å². The van der Waals surface area contributed by atoms with E-state index in [2.05, 4.69) is 36.1 Å². The summed E-state index contributed by atoms with van der Waals surface area (Å²) < 4.78 is 0. The van der Waals surface area contributed by atoms with Crippen LogP contribution in [-0.4, -0.2) is 35.6 Å². The summed E-state index contributed by atoms with van der Waals surface area (Å²) in [6, 6.07) is 8.92. The summed E-state index contributed by atoms with van der Waals surface area (Å²) in [5.41, 5.74) is 2.79. The van der Waals surface area contributed by atoms with Crippen molar-refractivity contribution in [1.82, 2.24) is 4.90 Å². The highest BCUT2D eigenvalue weighted by molar-refractivity contribution is 5.66. The highest BCUT2D eigenvalue weighted by atomic mass is 16.4. The van der Waals surface area contributed by atoms with Gasteiger partial charge in [-0.25, -0.2) is 0 Å². The average Bonchev–Trinajstić information content (AvgIpc) is 2.52. The molecule has 0 atom stereocenters. The monoisotopic (exact) mass is 303 g/mol. The SMILES string of the molecule is Cc1ccc(CCC2CCN(CCCCC(=O)O)CC2)cc1. The maximum atomic E-state index is 10.5. The van der Waals surface area contributed by atoms with E-state index in [0.29, 0.717) is 6.42 Å². The summed E-state index contributed by atoms with van der Waals surface area (Å²) in [7, 11) is 0. The zero-order valence-corrected chi connectivity index (χ0v) is 13.8. The van der Waals surface area contributed by atoms with Crippen LogP contribution in [0.15, 0.2) is 24.3 Å². The Bertz CT molecular complexity index is 447. The summed E-state index contributed by atoms with van der Waals surface area (Å²) in [5, 5.41) is 8.64. The molecule has 1 aromatic carbocycles. The number of aliphatic carboxylic acids is 1. The summed E-state index contributed by atoms with van der Waals surface area (Å²) in [6.45, 7) is 5.57. The van der Waals surface area contributed by atoms with E-state index in [1.165, 1.54) is 49.9 Å². The number of nitrogens with zero attached hydrogens (tertiary/aromatic N) is 1. The first kappa shape index (κ1) is 17.0. The Morgan fingerprint density at radius 3 is 2.50 bits per heavy atom. The minimum Gasteiger partial charge on any atom is -0.481 e. The largest absolute Gasteiger partial charge is 0.481 e. The third-order valence-electron chi connectivity index (χ3n) is 4.78. The molecule has 22 heavy (non-hydrogen) atoms. The molecule has 3 heteroatoms. The number of unbranched alkanes of at least 4 members (excludes halogenated alkanes) is 1. The standard InChI is InChI=1S/C19H29NO2/c1-16-5-7-17(8-6-16)9-10-18-11-14-20(15-12-18)13-3-2-4-19(21)22/h5-8,18H,2-4,9-15H2,1H3,(H,21,22). The Balaban J connectivity index is 1.58. The Morgan fingerprint density at radius 2 is 1.86 bits per heavy atom. The zero-order chi connectivity index (χ0) is 15.8. The lowest BCUT2D eigenvalue weighted by Crippen LogP contribution is -2.34. The number of carboxylic acid groups (broad SMARTS) is 1. The molecule has 0 radical (unpaired) electrons. The minimum absolute atomic E-state index is 0.313. The third-order valence-corrected chi connectivity index (χ3v) is 4.78. The first-order valence-electron chi connectivity index (χ1n) is 8.63. The average molecular weight is 303 g/mol. The Hall–Kier alpha value is -1.35. The van der Waals surface area contributed by atoms with Gasteiger partial charge < -0.3 is 10.0 Å². The van der Waals surface area contributed by atoms with Crippen LogP contribution in [0, 0.1) is 12.8 Å². The molecule has 0 aliphatic carbocycles. The molecular weight excluding hydrogens is 274 g/mol. The number of aryl methyl sites for hydroxylation is 2. The van der Waals surface area contributed by atoms with Crippen LogP contribution < -0.4 is 0 Å². The normalized spacial score (nSPS) is 16.8. The molecule has 1 saturated heterocycles. The molecule has 1 fully saturated rings. The van der Waals surface area contributed by atoms with Gasteiger partial charge in [-0.2, -0.15) is 0 Å². The van der Waals surface area contributed by atoms with E-state index in [4.69, 9.17) is 5.11 Å². The number of hydrogen-bond donors (Lipinski definition) is 1. The summed E-state index contributed by atoms with van der Waals surface area (Å²) in [6.07, 6.45) is 7.23. The van der Waals surface area contributed by atoms with Crippen molar-refractivity contribution in [3.63, 3.8) is 0 Å². The number of piperidine rings is 1. The molecule has 1 aliphatic heterocycles. The van der Waals surface area contributed by atoms with E-state index >= 15 is 0 Å². The van der Waals surface area contributed by atoms with Crippen molar-refractivity contribution >= 4 is 5.97 Å². The Kier molecular flexibility index (Phi) is 6.91. The summed E-state index contributed by atoms with van der Waals surface area (Å²) in [5.74, 6) is 0.186. The maximum Gasteiger partial charge on any atom is 0.303 e. The van der Waals surface area contributed by atoms with Crippen LogP contribution >= 0.6 is 0 Å². The molecule has 0 amide bonds. The molecule has 0 aromatic heterocycles. The maximum absolute atomic E-state index is 10.5. The first-order chi connectivity index (χ1) is 10.6. The minimum atomic E-state index is -0.671. The van der Waals surface area contributed by atoms with E-state index in [9.17, 15) is 4.79 Å². The molecule has 2 rings (SSSR count). The van der Waals surface area contributed by atoms with Gasteiger partial charge >= 0.3 is 5.97 Å². The van der Waals surface area contributed by atoms with E-state index in [1.807, 2.05) is 0 Å². The second-order valence-electron chi connectivity index (χ2n) is 6.66. The van der Waals surface area contributed by atoms with Crippen LogP contribution in [0.25, 0.3) is 0 Å². The molecule has 0 bridgehead atoms. The number of carboxylic acids is 1. The van der Waals surface area contributed by atoms with Crippen molar-refractivity contribution < 1.29 is 9.90 Å². The van der Waals surface area contributed by atoms with Crippen LogP contribution in [-0.2, 0) is 11.2 Å². The molecule has 1 N–H and O–H groups in total. The lowest BCUT2D eigenvalue weighted by atomic mass is 9.90. The van der Waals surface area contributed by atoms with E-state index in [0.717, 1.165) is 25.3 Å². The van der Waals surface area contributed by atoms with Crippen molar-refractivity contribution in [2.45, 2.75) is 51.9 Å². The predicted octanol–water partition coefficient (Wildman–Crippen LogP) is 3.89. The van der Waals surface area contributed by atoms with Gasteiger partial charge in [-0.3, -0.25) is 4.79 Å². The van der Waals surface area contributed by atoms with Gasteiger partial charge in [0, 0.05) is 6.42 Å². The van der Waals surface area contributed by atoms with Crippen molar-refractivity contribution in [2.24, 2.45) is 5.92 Å². The van der Waals surface area contributed by atoms with Gasteiger partial charge in [0.05, 0.1) is 0 Å².